The molecule has 0 radical (unpaired) electrons. The predicted octanol–water partition coefficient (Wildman–Crippen LogP) is 2.17. The average Bonchev–Trinajstić information content (AvgIpc) is 3.11. The summed E-state index contributed by atoms with van der Waals surface area (Å²) >= 11 is 1.18. The van der Waals surface area contributed by atoms with Gasteiger partial charge in [-0.25, -0.2) is 4.79 Å². The molecule has 1 aromatic carbocycles. The van der Waals surface area contributed by atoms with Crippen LogP contribution in [0.4, 0.5) is 4.79 Å². The molecule has 0 bridgehead atoms. The number of aromatic nitrogens is 4. The van der Waals surface area contributed by atoms with Crippen LogP contribution in [-0.4, -0.2) is 42.9 Å². The first kappa shape index (κ1) is 20.8. The van der Waals surface area contributed by atoms with E-state index in [1.807, 2.05) is 18.2 Å². The number of hydrogen-bond acceptors (Lipinski definition) is 6. The van der Waals surface area contributed by atoms with Crippen LogP contribution in [0.5, 0.6) is 0 Å². The zero-order valence-corrected chi connectivity index (χ0v) is 17.5. The third kappa shape index (κ3) is 4.26. The quantitative estimate of drug-likeness (QED) is 0.571. The summed E-state index contributed by atoms with van der Waals surface area (Å²) in [6, 6.07) is 6.74. The van der Waals surface area contributed by atoms with Crippen molar-refractivity contribution in [3.63, 3.8) is 0 Å². The molecular formula is C19H24N6O3S. The third-order valence-electron chi connectivity index (χ3n) is 4.44. The van der Waals surface area contributed by atoms with Crippen molar-refractivity contribution in [2.75, 3.05) is 6.54 Å². The van der Waals surface area contributed by atoms with Gasteiger partial charge in [-0.05, 0) is 32.4 Å². The van der Waals surface area contributed by atoms with Crippen LogP contribution in [-0.2, 0) is 11.3 Å². The number of hydrogen-bond donors (Lipinski definition) is 2. The Bertz CT molecular complexity index is 1110. The lowest BCUT2D eigenvalue weighted by Crippen LogP contribution is -2.42. The van der Waals surface area contributed by atoms with Crippen molar-refractivity contribution in [3.05, 3.63) is 34.6 Å². The molecule has 29 heavy (non-hydrogen) atoms. The number of nitrogens with one attached hydrogen (secondary N) is 2. The number of amides is 3. The Morgan fingerprint density at radius 1 is 1.21 bits per heavy atom. The summed E-state index contributed by atoms with van der Waals surface area (Å²) in [5, 5.41) is 13.8. The maximum absolute atomic E-state index is 12.9. The number of carbonyl (C=O) groups excluding carboxylic acids is 2. The zero-order valence-electron chi connectivity index (χ0n) is 16.6. The highest BCUT2D eigenvalue weighted by Crippen LogP contribution is 2.25. The van der Waals surface area contributed by atoms with Crippen molar-refractivity contribution in [2.45, 2.75) is 50.6 Å². The molecule has 2 aromatic heterocycles. The first-order valence-corrected chi connectivity index (χ1v) is 10.5. The van der Waals surface area contributed by atoms with Gasteiger partial charge in [0.05, 0.1) is 16.2 Å². The van der Waals surface area contributed by atoms with E-state index in [1.165, 1.54) is 11.8 Å². The van der Waals surface area contributed by atoms with Crippen LogP contribution in [0, 0.1) is 0 Å². The third-order valence-corrected chi connectivity index (χ3v) is 5.48. The number of urea groups is 1. The predicted molar refractivity (Wildman–Crippen MR) is 112 cm³/mol. The Hall–Kier alpha value is -2.88. The lowest BCUT2D eigenvalue weighted by molar-refractivity contribution is -0.119. The van der Waals surface area contributed by atoms with E-state index in [4.69, 9.17) is 0 Å². The minimum Gasteiger partial charge on any atom is -0.338 e. The molecule has 154 valence electrons. The molecule has 0 fully saturated rings. The van der Waals surface area contributed by atoms with Crippen molar-refractivity contribution < 1.29 is 9.59 Å². The SMILES string of the molecule is CCCCn1c(=O)c2ccccc2n2c(SC(C)C(=O)NC(=O)NCC)nnc12. The molecule has 0 aliphatic heterocycles. The van der Waals surface area contributed by atoms with Crippen molar-refractivity contribution >= 4 is 40.4 Å². The van der Waals surface area contributed by atoms with Gasteiger partial charge in [-0.2, -0.15) is 0 Å². The van der Waals surface area contributed by atoms with Gasteiger partial charge in [0.25, 0.3) is 5.56 Å². The summed E-state index contributed by atoms with van der Waals surface area (Å²) in [5.41, 5.74) is 0.580. The molecule has 1 atom stereocenters. The van der Waals surface area contributed by atoms with E-state index < -0.39 is 17.2 Å². The van der Waals surface area contributed by atoms with Crippen LogP contribution < -0.4 is 16.2 Å². The van der Waals surface area contributed by atoms with Crippen molar-refractivity contribution in [2.24, 2.45) is 0 Å². The van der Waals surface area contributed by atoms with Crippen LogP contribution >= 0.6 is 11.8 Å². The van der Waals surface area contributed by atoms with E-state index in [0.717, 1.165) is 12.8 Å². The minimum absolute atomic E-state index is 0.104. The van der Waals surface area contributed by atoms with Gasteiger partial charge in [-0.1, -0.05) is 37.2 Å². The van der Waals surface area contributed by atoms with Gasteiger partial charge < -0.3 is 5.32 Å². The standard InChI is InChI=1S/C19H24N6O3S/c1-4-6-11-24-16(27)13-9-7-8-10-14(13)25-18(24)22-23-19(25)29-12(3)15(26)21-17(28)20-5-2/h7-10,12H,4-6,11H2,1-3H3,(H2,20,21,26,28). The first-order valence-electron chi connectivity index (χ1n) is 9.59. The Morgan fingerprint density at radius 2 is 1.97 bits per heavy atom. The summed E-state index contributed by atoms with van der Waals surface area (Å²) in [5.74, 6) is 0.0160. The number of imide groups is 1. The molecular weight excluding hydrogens is 392 g/mol. The monoisotopic (exact) mass is 416 g/mol. The molecule has 0 spiro atoms. The molecule has 0 saturated carbocycles. The summed E-state index contributed by atoms with van der Waals surface area (Å²) in [6.07, 6.45) is 1.78. The molecule has 2 N–H and O–H groups in total. The van der Waals surface area contributed by atoms with Gasteiger partial charge in [-0.3, -0.25) is 23.9 Å². The van der Waals surface area contributed by atoms with Crippen LogP contribution in [0.3, 0.4) is 0 Å². The number of nitrogens with zero attached hydrogens (tertiary/aromatic N) is 4. The van der Waals surface area contributed by atoms with E-state index in [0.29, 0.717) is 34.9 Å². The molecule has 0 aliphatic rings. The molecule has 0 saturated heterocycles. The normalized spacial score (nSPS) is 12.2. The second kappa shape index (κ2) is 9.08. The molecule has 0 aliphatic carbocycles. The Kier molecular flexibility index (Phi) is 6.53. The average molecular weight is 417 g/mol. The number of rotatable bonds is 7. The lowest BCUT2D eigenvalue weighted by atomic mass is 10.2. The zero-order chi connectivity index (χ0) is 21.0. The van der Waals surface area contributed by atoms with Crippen molar-refractivity contribution in [3.8, 4) is 0 Å². The molecule has 1 unspecified atom stereocenters. The highest BCUT2D eigenvalue weighted by Gasteiger charge is 2.22. The number of carbonyl (C=O) groups is 2. The van der Waals surface area contributed by atoms with Crippen LogP contribution in [0.15, 0.2) is 34.2 Å². The fraction of sp³-hybridized carbons (Fsp3) is 0.421. The van der Waals surface area contributed by atoms with E-state index in [2.05, 4.69) is 27.8 Å². The number of benzene rings is 1. The molecule has 2 heterocycles. The number of aryl methyl sites for hydroxylation is 1. The Morgan fingerprint density at radius 3 is 2.69 bits per heavy atom. The van der Waals surface area contributed by atoms with E-state index in [-0.39, 0.29) is 5.56 Å². The molecule has 10 heteroatoms. The Balaban J connectivity index is 2.01. The van der Waals surface area contributed by atoms with Gasteiger partial charge >= 0.3 is 6.03 Å². The Labute approximate surface area is 171 Å². The lowest BCUT2D eigenvalue weighted by Gasteiger charge is -2.13. The van der Waals surface area contributed by atoms with E-state index in [9.17, 15) is 14.4 Å². The van der Waals surface area contributed by atoms with Gasteiger partial charge in [0, 0.05) is 13.1 Å². The number of fused-ring (bicyclic) bond motifs is 3. The van der Waals surface area contributed by atoms with Gasteiger partial charge in [0.15, 0.2) is 5.16 Å². The summed E-state index contributed by atoms with van der Waals surface area (Å²) < 4.78 is 3.43. The van der Waals surface area contributed by atoms with Crippen LogP contribution in [0.25, 0.3) is 16.7 Å². The van der Waals surface area contributed by atoms with Crippen LogP contribution in [0.1, 0.15) is 33.6 Å². The molecule has 3 amide bonds. The van der Waals surface area contributed by atoms with Crippen LogP contribution in [0.2, 0.25) is 0 Å². The number of para-hydroxylation sites is 1. The van der Waals surface area contributed by atoms with Gasteiger partial charge in [0.1, 0.15) is 0 Å². The second-order valence-corrected chi connectivity index (χ2v) is 7.86. The maximum Gasteiger partial charge on any atom is 0.321 e. The van der Waals surface area contributed by atoms with Gasteiger partial charge in [-0.15, -0.1) is 10.2 Å². The maximum atomic E-state index is 12.9. The molecule has 9 nitrogen and oxygen atoms in total. The van der Waals surface area contributed by atoms with Crippen molar-refractivity contribution in [1.29, 1.82) is 0 Å². The largest absolute Gasteiger partial charge is 0.338 e. The smallest absolute Gasteiger partial charge is 0.321 e. The number of unbranched alkanes of at least 4 members (excludes halogenated alkanes) is 1. The topological polar surface area (TPSA) is 110 Å². The summed E-state index contributed by atoms with van der Waals surface area (Å²) in [4.78, 5) is 36.9. The van der Waals surface area contributed by atoms with Gasteiger partial charge in [0.2, 0.25) is 11.7 Å². The molecule has 3 rings (SSSR count). The van der Waals surface area contributed by atoms with E-state index in [1.54, 1.807) is 28.9 Å². The highest BCUT2D eigenvalue weighted by atomic mass is 32.2. The fourth-order valence-corrected chi connectivity index (χ4v) is 3.81. The summed E-state index contributed by atoms with van der Waals surface area (Å²) in [6.45, 7) is 6.49. The summed E-state index contributed by atoms with van der Waals surface area (Å²) in [7, 11) is 0. The second-order valence-electron chi connectivity index (χ2n) is 6.55. The number of thioether (sulfide) groups is 1. The van der Waals surface area contributed by atoms with E-state index >= 15 is 0 Å². The first-order chi connectivity index (χ1) is 14.0. The minimum atomic E-state index is -0.584. The fourth-order valence-electron chi connectivity index (χ4n) is 2.96. The molecule has 3 aromatic rings. The highest BCUT2D eigenvalue weighted by molar-refractivity contribution is 8.00. The van der Waals surface area contributed by atoms with Crippen molar-refractivity contribution in [1.82, 2.24) is 29.8 Å².